The number of hydrogen-bond acceptors (Lipinski definition) is 5. The Morgan fingerprint density at radius 1 is 1.17 bits per heavy atom. The topological polar surface area (TPSA) is 68.8 Å². The highest BCUT2D eigenvalue weighted by atomic mass is 35.5. The largest absolute Gasteiger partial charge is 0.467 e. The van der Waals surface area contributed by atoms with E-state index in [0.717, 1.165) is 16.8 Å². The summed E-state index contributed by atoms with van der Waals surface area (Å²) in [6, 6.07) is 11.3. The Kier molecular flexibility index (Phi) is 3.66. The molecule has 0 bridgehead atoms. The molecule has 0 saturated carbocycles. The highest BCUT2D eigenvalue weighted by molar-refractivity contribution is 6.32. The minimum Gasteiger partial charge on any atom is -0.467 e. The predicted octanol–water partition coefficient (Wildman–Crippen LogP) is 3.98. The van der Waals surface area contributed by atoms with E-state index in [9.17, 15) is 0 Å². The zero-order valence-electron chi connectivity index (χ0n) is 12.9. The second-order valence-electron chi connectivity index (χ2n) is 5.30. The number of nitrogens with one attached hydrogen (secondary N) is 1. The van der Waals surface area contributed by atoms with E-state index in [0.29, 0.717) is 28.9 Å². The maximum Gasteiger partial charge on any atom is 0.168 e. The zero-order valence-corrected chi connectivity index (χ0v) is 13.7. The lowest BCUT2D eigenvalue weighted by molar-refractivity contribution is 0.518. The summed E-state index contributed by atoms with van der Waals surface area (Å²) in [5, 5.41) is 9.16. The van der Waals surface area contributed by atoms with Gasteiger partial charge < -0.3 is 9.73 Å². The van der Waals surface area contributed by atoms with Crippen LogP contribution in [0.2, 0.25) is 5.02 Å². The first-order chi connectivity index (χ1) is 11.7. The molecule has 3 heterocycles. The molecular weight excluding hydrogens is 326 g/mol. The highest BCUT2D eigenvalue weighted by Gasteiger charge is 2.14. The summed E-state index contributed by atoms with van der Waals surface area (Å²) >= 11 is 6.29. The van der Waals surface area contributed by atoms with E-state index in [2.05, 4.69) is 20.4 Å². The van der Waals surface area contributed by atoms with Gasteiger partial charge in [-0.1, -0.05) is 23.7 Å². The van der Waals surface area contributed by atoms with Crippen molar-refractivity contribution < 1.29 is 4.42 Å². The lowest BCUT2D eigenvalue weighted by atomic mass is 10.3. The second kappa shape index (κ2) is 5.98. The van der Waals surface area contributed by atoms with Crippen LogP contribution in [0.5, 0.6) is 0 Å². The molecule has 4 rings (SSSR count). The van der Waals surface area contributed by atoms with Gasteiger partial charge in [-0.15, -0.1) is 0 Å². The van der Waals surface area contributed by atoms with Crippen LogP contribution in [0.3, 0.4) is 0 Å². The lowest BCUT2D eigenvalue weighted by Crippen LogP contribution is -2.05. The smallest absolute Gasteiger partial charge is 0.168 e. The number of halogens is 1. The fraction of sp³-hybridized carbons (Fsp3) is 0.118. The molecule has 0 aliphatic rings. The van der Waals surface area contributed by atoms with Crippen LogP contribution in [-0.4, -0.2) is 19.7 Å². The van der Waals surface area contributed by atoms with E-state index < -0.39 is 0 Å². The maximum absolute atomic E-state index is 6.29. The van der Waals surface area contributed by atoms with E-state index in [-0.39, 0.29) is 0 Å². The van der Waals surface area contributed by atoms with Crippen LogP contribution in [0.25, 0.3) is 16.7 Å². The predicted molar refractivity (Wildman–Crippen MR) is 92.4 cm³/mol. The van der Waals surface area contributed by atoms with E-state index in [1.807, 2.05) is 43.3 Å². The first-order valence-electron chi connectivity index (χ1n) is 7.46. The molecule has 0 amide bonds. The molecule has 3 aromatic heterocycles. The van der Waals surface area contributed by atoms with Gasteiger partial charge in [0.1, 0.15) is 17.4 Å². The molecule has 1 aromatic carbocycles. The number of nitrogens with zero attached hydrogens (tertiary/aromatic N) is 4. The van der Waals surface area contributed by atoms with Crippen molar-refractivity contribution in [1.29, 1.82) is 0 Å². The molecule has 24 heavy (non-hydrogen) atoms. The standard InChI is InChI=1S/C17H14ClN5O/c1-11-21-16(19-9-12-5-4-8-24-12)13-10-20-23(17(13)22-11)15-7-3-2-6-14(15)18/h2-8,10H,9H2,1H3,(H,19,21,22). The molecule has 0 aliphatic heterocycles. The molecule has 120 valence electrons. The Morgan fingerprint density at radius 3 is 2.83 bits per heavy atom. The van der Waals surface area contributed by atoms with E-state index in [1.54, 1.807) is 17.1 Å². The van der Waals surface area contributed by atoms with Gasteiger partial charge in [0.15, 0.2) is 5.65 Å². The van der Waals surface area contributed by atoms with Gasteiger partial charge >= 0.3 is 0 Å². The molecule has 6 nitrogen and oxygen atoms in total. The minimum absolute atomic E-state index is 0.538. The van der Waals surface area contributed by atoms with Crippen LogP contribution < -0.4 is 5.32 Å². The van der Waals surface area contributed by atoms with Crippen molar-refractivity contribution in [3.63, 3.8) is 0 Å². The van der Waals surface area contributed by atoms with E-state index in [1.165, 1.54) is 0 Å². The number of fused-ring (bicyclic) bond motifs is 1. The quantitative estimate of drug-likeness (QED) is 0.609. The Bertz CT molecular complexity index is 994. The summed E-state index contributed by atoms with van der Waals surface area (Å²) in [6.45, 7) is 2.39. The molecule has 1 N–H and O–H groups in total. The van der Waals surface area contributed by atoms with Crippen molar-refractivity contribution in [3.8, 4) is 5.69 Å². The number of aromatic nitrogens is 4. The third-order valence-corrected chi connectivity index (χ3v) is 3.95. The molecule has 4 aromatic rings. The van der Waals surface area contributed by atoms with Crippen molar-refractivity contribution >= 4 is 28.5 Å². The third kappa shape index (κ3) is 2.61. The Labute approximate surface area is 143 Å². The number of rotatable bonds is 4. The van der Waals surface area contributed by atoms with E-state index >= 15 is 0 Å². The molecule has 0 saturated heterocycles. The molecule has 0 spiro atoms. The van der Waals surface area contributed by atoms with Crippen LogP contribution in [0.15, 0.2) is 53.3 Å². The van der Waals surface area contributed by atoms with Gasteiger partial charge in [-0.3, -0.25) is 0 Å². The molecule has 0 fully saturated rings. The average Bonchev–Trinajstić information content (AvgIpc) is 3.22. The van der Waals surface area contributed by atoms with Crippen LogP contribution in [0, 0.1) is 6.92 Å². The normalized spacial score (nSPS) is 11.1. The van der Waals surface area contributed by atoms with Gasteiger partial charge in [-0.2, -0.15) is 5.10 Å². The van der Waals surface area contributed by atoms with Crippen molar-refractivity contribution in [2.24, 2.45) is 0 Å². The van der Waals surface area contributed by atoms with Gasteiger partial charge in [-0.25, -0.2) is 14.6 Å². The number of anilines is 1. The average molecular weight is 340 g/mol. The van der Waals surface area contributed by atoms with Crippen LogP contribution in [0.1, 0.15) is 11.6 Å². The van der Waals surface area contributed by atoms with Crippen molar-refractivity contribution in [3.05, 3.63) is 65.5 Å². The van der Waals surface area contributed by atoms with Crippen molar-refractivity contribution in [2.45, 2.75) is 13.5 Å². The summed E-state index contributed by atoms with van der Waals surface area (Å²) in [5.41, 5.74) is 1.49. The van der Waals surface area contributed by atoms with Gasteiger partial charge in [0.25, 0.3) is 0 Å². The molecular formula is C17H14ClN5O. The van der Waals surface area contributed by atoms with Crippen molar-refractivity contribution in [2.75, 3.05) is 5.32 Å². The van der Waals surface area contributed by atoms with Crippen LogP contribution in [0.4, 0.5) is 5.82 Å². The molecule has 0 atom stereocenters. The number of para-hydroxylation sites is 1. The highest BCUT2D eigenvalue weighted by Crippen LogP contribution is 2.26. The Morgan fingerprint density at radius 2 is 2.04 bits per heavy atom. The Hall–Kier alpha value is -2.86. The SMILES string of the molecule is Cc1nc(NCc2ccco2)c2cnn(-c3ccccc3Cl)c2n1. The minimum atomic E-state index is 0.538. The first-order valence-corrected chi connectivity index (χ1v) is 7.84. The monoisotopic (exact) mass is 339 g/mol. The summed E-state index contributed by atoms with van der Waals surface area (Å²) in [6.07, 6.45) is 3.38. The maximum atomic E-state index is 6.29. The number of aryl methyl sites for hydroxylation is 1. The lowest BCUT2D eigenvalue weighted by Gasteiger charge is -2.08. The van der Waals surface area contributed by atoms with Gasteiger partial charge in [-0.05, 0) is 31.2 Å². The van der Waals surface area contributed by atoms with E-state index in [4.69, 9.17) is 16.0 Å². The summed E-state index contributed by atoms with van der Waals surface area (Å²) in [7, 11) is 0. The third-order valence-electron chi connectivity index (χ3n) is 3.63. The van der Waals surface area contributed by atoms with Gasteiger partial charge in [0.05, 0.1) is 35.1 Å². The summed E-state index contributed by atoms with van der Waals surface area (Å²) < 4.78 is 7.07. The summed E-state index contributed by atoms with van der Waals surface area (Å²) in [4.78, 5) is 9.01. The second-order valence-corrected chi connectivity index (χ2v) is 5.70. The molecule has 7 heteroatoms. The molecule has 0 radical (unpaired) electrons. The van der Waals surface area contributed by atoms with Gasteiger partial charge in [0, 0.05) is 0 Å². The van der Waals surface area contributed by atoms with Crippen LogP contribution in [-0.2, 0) is 6.54 Å². The molecule has 0 unspecified atom stereocenters. The summed E-state index contributed by atoms with van der Waals surface area (Å²) in [5.74, 6) is 2.20. The van der Waals surface area contributed by atoms with Crippen molar-refractivity contribution in [1.82, 2.24) is 19.7 Å². The number of furan rings is 1. The first kappa shape index (κ1) is 14.7. The number of hydrogen-bond donors (Lipinski definition) is 1. The number of benzene rings is 1. The Balaban J connectivity index is 1.78. The fourth-order valence-electron chi connectivity index (χ4n) is 2.54. The van der Waals surface area contributed by atoms with Crippen LogP contribution >= 0.6 is 11.6 Å². The molecule has 0 aliphatic carbocycles. The van der Waals surface area contributed by atoms with Gasteiger partial charge in [0.2, 0.25) is 0 Å². The fourth-order valence-corrected chi connectivity index (χ4v) is 2.75. The zero-order chi connectivity index (χ0) is 16.5.